The third-order valence-electron chi connectivity index (χ3n) is 4.47. The molecule has 1 aromatic carbocycles. The van der Waals surface area contributed by atoms with Crippen molar-refractivity contribution in [2.45, 2.75) is 80.1 Å². The molecule has 33 heavy (non-hydrogen) atoms. The lowest BCUT2D eigenvalue weighted by molar-refractivity contribution is -0.0987. The van der Waals surface area contributed by atoms with Crippen molar-refractivity contribution in [1.29, 1.82) is 0 Å². The molecule has 1 fully saturated rings. The maximum Gasteiger partial charge on any atom is 0.106 e. The Bertz CT molecular complexity index is 786. The van der Waals surface area contributed by atoms with Gasteiger partial charge in [-0.25, -0.2) is 0 Å². The van der Waals surface area contributed by atoms with Crippen LogP contribution in [0.5, 0.6) is 0 Å². The second-order valence-corrected chi connectivity index (χ2v) is 6.54. The van der Waals surface area contributed by atoms with Crippen LogP contribution in [-0.2, 0) is 15.0 Å². The second-order valence-electron chi connectivity index (χ2n) is 6.54. The van der Waals surface area contributed by atoms with Crippen molar-refractivity contribution in [3.8, 4) is 0 Å². The zero-order valence-electron chi connectivity index (χ0n) is 22.6. The molecule has 0 saturated heterocycles. The number of allylic oxidation sites excluding steroid dienone is 2. The molecule has 0 unspecified atom stereocenters. The normalized spacial score (nSPS) is 12.8. The third kappa shape index (κ3) is 16.6. The molecule has 4 nitrogen and oxygen atoms in total. The monoisotopic (exact) mass is 459 g/mol. The van der Waals surface area contributed by atoms with E-state index in [-0.39, 0.29) is 0 Å². The predicted molar refractivity (Wildman–Crippen MR) is 147 cm³/mol. The fourth-order valence-electron chi connectivity index (χ4n) is 2.69. The largest absolute Gasteiger partial charge is 0.400 e. The first-order valence-corrected chi connectivity index (χ1v) is 11.7. The maximum atomic E-state index is 8.00. The Hall–Kier alpha value is -2.72. The average molecular weight is 460 g/mol. The zero-order chi connectivity index (χ0) is 26.7. The number of rotatable bonds is 3. The van der Waals surface area contributed by atoms with Gasteiger partial charge in [-0.05, 0) is 55.4 Å². The lowest BCUT2D eigenvalue weighted by Crippen LogP contribution is -2.27. The molecular weight excluding hydrogens is 410 g/mol. The SMILES string of the molecule is C/C=c1/c(C2(C)CC2)c[nH]/c1=C/C=C/CC.C=O.C=O.CC.CC.CO.Cc1ccccc1. The summed E-state index contributed by atoms with van der Waals surface area (Å²) in [6.45, 7) is 20.7. The van der Waals surface area contributed by atoms with Gasteiger partial charge in [-0.15, -0.1) is 0 Å². The fourth-order valence-corrected chi connectivity index (χ4v) is 2.69. The minimum Gasteiger partial charge on any atom is -0.400 e. The van der Waals surface area contributed by atoms with Crippen molar-refractivity contribution >= 4 is 25.7 Å². The van der Waals surface area contributed by atoms with E-state index in [1.807, 2.05) is 59.5 Å². The molecule has 2 N–H and O–H groups in total. The van der Waals surface area contributed by atoms with E-state index in [0.717, 1.165) is 13.5 Å². The first-order chi connectivity index (χ1) is 16.1. The lowest BCUT2D eigenvalue weighted by atomic mass is 10.00. The van der Waals surface area contributed by atoms with Crippen molar-refractivity contribution in [2.75, 3.05) is 7.11 Å². The minimum atomic E-state index is 0.443. The fraction of sp³-hybridized carbons (Fsp3) is 0.448. The number of nitrogens with one attached hydrogen (secondary N) is 1. The van der Waals surface area contributed by atoms with Crippen LogP contribution in [-0.4, -0.2) is 30.8 Å². The number of benzene rings is 1. The van der Waals surface area contributed by atoms with Crippen LogP contribution in [0, 0.1) is 6.92 Å². The van der Waals surface area contributed by atoms with Crippen LogP contribution in [0.25, 0.3) is 12.2 Å². The van der Waals surface area contributed by atoms with Gasteiger partial charge in [-0.1, -0.05) is 95.7 Å². The van der Waals surface area contributed by atoms with Crippen molar-refractivity contribution in [2.24, 2.45) is 0 Å². The van der Waals surface area contributed by atoms with Crippen molar-refractivity contribution in [1.82, 2.24) is 4.98 Å². The van der Waals surface area contributed by atoms with Crippen molar-refractivity contribution in [3.05, 3.63) is 70.4 Å². The van der Waals surface area contributed by atoms with Gasteiger partial charge in [-0.2, -0.15) is 0 Å². The number of carbonyl (C=O) groups is 2. The van der Waals surface area contributed by atoms with Crippen LogP contribution in [0.1, 0.15) is 78.9 Å². The molecule has 0 radical (unpaired) electrons. The number of hydrogen-bond acceptors (Lipinski definition) is 3. The third-order valence-corrected chi connectivity index (χ3v) is 4.47. The summed E-state index contributed by atoms with van der Waals surface area (Å²) in [6, 6.07) is 10.3. The van der Waals surface area contributed by atoms with Gasteiger partial charge < -0.3 is 19.7 Å². The van der Waals surface area contributed by atoms with Crippen LogP contribution < -0.4 is 10.6 Å². The lowest BCUT2D eigenvalue weighted by Gasteiger charge is -2.03. The molecule has 0 amide bonds. The quantitative estimate of drug-likeness (QED) is 0.600. The van der Waals surface area contributed by atoms with E-state index in [9.17, 15) is 0 Å². The number of aliphatic hydroxyl groups is 1. The summed E-state index contributed by atoms with van der Waals surface area (Å²) < 4.78 is 0. The van der Waals surface area contributed by atoms with Crippen molar-refractivity contribution in [3.63, 3.8) is 0 Å². The smallest absolute Gasteiger partial charge is 0.106 e. The minimum absolute atomic E-state index is 0.443. The van der Waals surface area contributed by atoms with E-state index in [0.29, 0.717) is 5.41 Å². The molecule has 0 bridgehead atoms. The Balaban J connectivity index is -0.000000207. The van der Waals surface area contributed by atoms with E-state index >= 15 is 0 Å². The molecule has 4 heteroatoms. The number of aliphatic hydroxyl groups excluding tert-OH is 1. The topological polar surface area (TPSA) is 70.2 Å². The van der Waals surface area contributed by atoms with Gasteiger partial charge in [0.15, 0.2) is 0 Å². The molecule has 1 heterocycles. The number of aromatic nitrogens is 1. The van der Waals surface area contributed by atoms with E-state index in [2.05, 4.69) is 75.3 Å². The molecule has 2 aromatic rings. The number of H-pyrrole nitrogens is 1. The summed E-state index contributed by atoms with van der Waals surface area (Å²) in [6.07, 6.45) is 14.7. The summed E-state index contributed by atoms with van der Waals surface area (Å²) in [4.78, 5) is 19.4. The van der Waals surface area contributed by atoms with Crippen LogP contribution in [0.2, 0.25) is 0 Å². The highest BCUT2D eigenvalue weighted by atomic mass is 16.2. The molecule has 188 valence electrons. The summed E-state index contributed by atoms with van der Waals surface area (Å²) in [7, 11) is 1.00. The molecule has 0 aliphatic heterocycles. The number of aromatic amines is 1. The van der Waals surface area contributed by atoms with Gasteiger partial charge >= 0.3 is 0 Å². The highest BCUT2D eigenvalue weighted by molar-refractivity contribution is 5.42. The van der Waals surface area contributed by atoms with E-state index in [4.69, 9.17) is 14.7 Å². The van der Waals surface area contributed by atoms with Crippen molar-refractivity contribution < 1.29 is 14.7 Å². The predicted octanol–water partition coefficient (Wildman–Crippen LogP) is 5.90. The first kappa shape index (κ1) is 37.6. The highest BCUT2D eigenvalue weighted by Gasteiger charge is 2.40. The Morgan fingerprint density at radius 1 is 1.00 bits per heavy atom. The average Bonchev–Trinajstić information content (AvgIpc) is 3.51. The Morgan fingerprint density at radius 3 is 1.82 bits per heavy atom. The van der Waals surface area contributed by atoms with Gasteiger partial charge in [0.05, 0.1) is 0 Å². The summed E-state index contributed by atoms with van der Waals surface area (Å²) in [5.74, 6) is 0. The Labute approximate surface area is 203 Å². The molecule has 0 atom stereocenters. The first-order valence-electron chi connectivity index (χ1n) is 11.7. The van der Waals surface area contributed by atoms with Gasteiger partial charge in [-0.3, -0.25) is 0 Å². The summed E-state index contributed by atoms with van der Waals surface area (Å²) in [5, 5.41) is 9.64. The number of aryl methyl sites for hydroxylation is 1. The van der Waals surface area contributed by atoms with E-state index in [1.54, 1.807) is 0 Å². The van der Waals surface area contributed by atoms with E-state index < -0.39 is 0 Å². The van der Waals surface area contributed by atoms with Gasteiger partial charge in [0, 0.05) is 18.7 Å². The van der Waals surface area contributed by atoms with Crippen LogP contribution in [0.3, 0.4) is 0 Å². The zero-order valence-corrected chi connectivity index (χ0v) is 22.6. The molecular formula is C29H49NO3. The molecule has 1 aromatic heterocycles. The molecule has 0 spiro atoms. The van der Waals surface area contributed by atoms with Gasteiger partial charge in [0.2, 0.25) is 0 Å². The summed E-state index contributed by atoms with van der Waals surface area (Å²) in [5.41, 5.74) is 3.26. The molecule has 3 rings (SSSR count). The number of hydrogen-bond donors (Lipinski definition) is 2. The van der Waals surface area contributed by atoms with Crippen LogP contribution >= 0.6 is 0 Å². The van der Waals surface area contributed by atoms with Crippen LogP contribution in [0.15, 0.2) is 48.7 Å². The van der Waals surface area contributed by atoms with Gasteiger partial charge in [0.25, 0.3) is 0 Å². The standard InChI is InChI=1S/C15H21N.C7H8.2C2H6.CH4O.2CH2O/c1-4-6-7-8-14-12(5-2)13(11-16-14)15(3)9-10-15;1-7-5-3-2-4-6-7;5*1-2/h5-8,11,16H,4,9-10H2,1-3H3;2-6H,1H3;2*1-2H3;2H,1H3;2*1H2/b7-6+,12-5-,14-8+;;;;;;. The Morgan fingerprint density at radius 2 is 1.48 bits per heavy atom. The molecule has 1 aliphatic carbocycles. The van der Waals surface area contributed by atoms with Gasteiger partial charge in [0.1, 0.15) is 13.6 Å². The van der Waals surface area contributed by atoms with Crippen LogP contribution in [0.4, 0.5) is 0 Å². The molecule has 1 aliphatic rings. The summed E-state index contributed by atoms with van der Waals surface area (Å²) >= 11 is 0. The highest BCUT2D eigenvalue weighted by Crippen LogP contribution is 2.45. The number of carbonyl (C=O) groups excluding carboxylic acids is 2. The maximum absolute atomic E-state index is 8.00. The Kier molecular flexibility index (Phi) is 31.1. The van der Waals surface area contributed by atoms with E-state index in [1.165, 1.54) is 34.5 Å². The molecule has 1 saturated carbocycles. The second kappa shape index (κ2) is 27.3.